The highest BCUT2D eigenvalue weighted by Crippen LogP contribution is 2.36. The molecule has 0 atom stereocenters. The van der Waals surface area contributed by atoms with E-state index in [-0.39, 0.29) is 23.8 Å². The van der Waals surface area contributed by atoms with Crippen molar-refractivity contribution in [1.29, 1.82) is 0 Å². The van der Waals surface area contributed by atoms with Gasteiger partial charge in [0.15, 0.2) is 5.82 Å². The number of carbonyl (C=O) groups excluding carboxylic acids is 1. The SMILES string of the molecule is Cc1ccc2c(c1N1CCN(CCO)CC1)C(=O)c1nc3ccccc3c(=O)n1-2. The Hall–Kier alpha value is -3.03. The number of fused-ring (bicyclic) bond motifs is 4. The van der Waals surface area contributed by atoms with Crippen LogP contribution in [0.15, 0.2) is 41.2 Å². The van der Waals surface area contributed by atoms with Crippen molar-refractivity contribution in [3.63, 3.8) is 0 Å². The minimum absolute atomic E-state index is 0.149. The van der Waals surface area contributed by atoms with Gasteiger partial charge in [-0.2, -0.15) is 0 Å². The van der Waals surface area contributed by atoms with E-state index in [0.29, 0.717) is 28.7 Å². The van der Waals surface area contributed by atoms with Crippen molar-refractivity contribution in [3.05, 3.63) is 63.7 Å². The predicted molar refractivity (Wildman–Crippen MR) is 111 cm³/mol. The fourth-order valence-corrected chi connectivity index (χ4v) is 4.46. The van der Waals surface area contributed by atoms with Crippen LogP contribution >= 0.6 is 0 Å². The fourth-order valence-electron chi connectivity index (χ4n) is 4.46. The van der Waals surface area contributed by atoms with Crippen molar-refractivity contribution in [2.75, 3.05) is 44.2 Å². The number of aryl methyl sites for hydroxylation is 1. The first-order chi connectivity index (χ1) is 14.1. The molecule has 3 heterocycles. The first kappa shape index (κ1) is 18.0. The number of benzene rings is 2. The van der Waals surface area contributed by atoms with Gasteiger partial charge in [-0.1, -0.05) is 18.2 Å². The summed E-state index contributed by atoms with van der Waals surface area (Å²) in [4.78, 5) is 35.5. The number of aliphatic hydroxyl groups excluding tert-OH is 1. The molecule has 1 fully saturated rings. The van der Waals surface area contributed by atoms with Crippen LogP contribution in [0.2, 0.25) is 0 Å². The molecule has 148 valence electrons. The van der Waals surface area contributed by atoms with Crippen molar-refractivity contribution in [3.8, 4) is 5.69 Å². The van der Waals surface area contributed by atoms with Crippen molar-refractivity contribution in [2.45, 2.75) is 6.92 Å². The molecule has 0 bridgehead atoms. The highest BCUT2D eigenvalue weighted by atomic mass is 16.3. The van der Waals surface area contributed by atoms with Crippen molar-refractivity contribution < 1.29 is 9.90 Å². The van der Waals surface area contributed by atoms with Gasteiger partial charge in [-0.05, 0) is 30.7 Å². The summed E-state index contributed by atoms with van der Waals surface area (Å²) >= 11 is 0. The molecule has 0 spiro atoms. The maximum atomic E-state index is 13.4. The number of anilines is 1. The van der Waals surface area contributed by atoms with E-state index in [2.05, 4.69) is 14.8 Å². The average molecular weight is 390 g/mol. The molecule has 2 aromatic carbocycles. The monoisotopic (exact) mass is 390 g/mol. The maximum Gasteiger partial charge on any atom is 0.266 e. The molecule has 0 amide bonds. The smallest absolute Gasteiger partial charge is 0.266 e. The Morgan fingerprint density at radius 3 is 2.55 bits per heavy atom. The molecule has 1 saturated heterocycles. The molecule has 7 nitrogen and oxygen atoms in total. The predicted octanol–water partition coefficient (Wildman–Crippen LogP) is 1.35. The summed E-state index contributed by atoms with van der Waals surface area (Å²) < 4.78 is 1.46. The van der Waals surface area contributed by atoms with E-state index in [4.69, 9.17) is 0 Å². The number of piperazine rings is 1. The minimum Gasteiger partial charge on any atom is -0.395 e. The second kappa shape index (κ2) is 6.79. The van der Waals surface area contributed by atoms with Gasteiger partial charge >= 0.3 is 0 Å². The number of rotatable bonds is 3. The molecular weight excluding hydrogens is 368 g/mol. The largest absolute Gasteiger partial charge is 0.395 e. The van der Waals surface area contributed by atoms with Crippen LogP contribution in [0, 0.1) is 6.92 Å². The second-order valence-corrected chi connectivity index (χ2v) is 7.60. The molecule has 3 aromatic rings. The van der Waals surface area contributed by atoms with Crippen molar-refractivity contribution in [2.24, 2.45) is 0 Å². The summed E-state index contributed by atoms with van der Waals surface area (Å²) in [7, 11) is 0. The van der Waals surface area contributed by atoms with E-state index in [1.54, 1.807) is 12.1 Å². The van der Waals surface area contributed by atoms with Gasteiger partial charge in [-0.25, -0.2) is 4.98 Å². The quantitative estimate of drug-likeness (QED) is 0.569. The summed E-state index contributed by atoms with van der Waals surface area (Å²) in [5.74, 6) is -0.00573. The van der Waals surface area contributed by atoms with Crippen LogP contribution in [-0.4, -0.2) is 64.7 Å². The van der Waals surface area contributed by atoms with Gasteiger partial charge in [-0.3, -0.25) is 19.1 Å². The number of hydrogen-bond donors (Lipinski definition) is 1. The molecule has 29 heavy (non-hydrogen) atoms. The lowest BCUT2D eigenvalue weighted by Crippen LogP contribution is -2.47. The maximum absolute atomic E-state index is 13.4. The van der Waals surface area contributed by atoms with Crippen LogP contribution in [0.25, 0.3) is 16.6 Å². The lowest BCUT2D eigenvalue weighted by atomic mass is 10.0. The van der Waals surface area contributed by atoms with Gasteiger partial charge in [-0.15, -0.1) is 0 Å². The third-order valence-corrected chi connectivity index (χ3v) is 5.91. The lowest BCUT2D eigenvalue weighted by Gasteiger charge is -2.37. The Kier molecular flexibility index (Phi) is 4.22. The third-order valence-electron chi connectivity index (χ3n) is 5.91. The number of ketones is 1. The van der Waals surface area contributed by atoms with Crippen LogP contribution < -0.4 is 10.5 Å². The van der Waals surface area contributed by atoms with Gasteiger partial charge in [0.2, 0.25) is 5.78 Å². The standard InChI is InChI=1S/C22H22N4O3/c1-14-6-7-17-18(19(14)25-10-8-24(9-11-25)12-13-27)20(28)21-23-16-5-3-2-4-15(16)22(29)26(17)21/h2-7,27H,8-13H2,1H3. The van der Waals surface area contributed by atoms with E-state index >= 15 is 0 Å². The van der Waals surface area contributed by atoms with Gasteiger partial charge in [0.25, 0.3) is 5.56 Å². The summed E-state index contributed by atoms with van der Waals surface area (Å²) in [6.07, 6.45) is 0. The Labute approximate surface area is 167 Å². The highest BCUT2D eigenvalue weighted by molar-refractivity contribution is 6.17. The number of β-amino-alcohol motifs (C(OH)–C–C–N with tert-alkyl or cyclic N) is 1. The number of para-hydroxylation sites is 1. The van der Waals surface area contributed by atoms with Crippen LogP contribution in [-0.2, 0) is 0 Å². The number of aromatic nitrogens is 2. The van der Waals surface area contributed by atoms with E-state index in [1.165, 1.54) is 4.57 Å². The molecule has 5 rings (SSSR count). The molecule has 7 heteroatoms. The number of aliphatic hydroxyl groups is 1. The first-order valence-corrected chi connectivity index (χ1v) is 9.89. The molecule has 0 saturated carbocycles. The van der Waals surface area contributed by atoms with Crippen LogP contribution in [0.1, 0.15) is 21.7 Å². The van der Waals surface area contributed by atoms with E-state index < -0.39 is 0 Å². The normalized spacial score (nSPS) is 16.3. The van der Waals surface area contributed by atoms with E-state index in [1.807, 2.05) is 31.2 Å². The third kappa shape index (κ3) is 2.69. The Morgan fingerprint density at radius 1 is 1.03 bits per heavy atom. The van der Waals surface area contributed by atoms with E-state index in [9.17, 15) is 14.7 Å². The van der Waals surface area contributed by atoms with Gasteiger partial charge in [0.1, 0.15) is 0 Å². The van der Waals surface area contributed by atoms with Gasteiger partial charge in [0, 0.05) is 32.7 Å². The average Bonchev–Trinajstić information content (AvgIpc) is 3.02. The molecule has 2 aliphatic rings. The topological polar surface area (TPSA) is 78.7 Å². The lowest BCUT2D eigenvalue weighted by molar-refractivity contribution is 0.103. The molecule has 2 aliphatic heterocycles. The molecule has 1 aromatic heterocycles. The summed E-state index contributed by atoms with van der Waals surface area (Å²) in [6, 6.07) is 11.0. The zero-order chi connectivity index (χ0) is 20.1. The fraction of sp³-hybridized carbons (Fsp3) is 0.318. The van der Waals surface area contributed by atoms with Crippen LogP contribution in [0.5, 0.6) is 0 Å². The molecule has 1 N–H and O–H groups in total. The van der Waals surface area contributed by atoms with Gasteiger partial charge in [0.05, 0.1) is 34.4 Å². The Bertz CT molecular complexity index is 1190. The van der Waals surface area contributed by atoms with E-state index in [0.717, 1.165) is 37.4 Å². The number of nitrogens with zero attached hydrogens (tertiary/aromatic N) is 4. The van der Waals surface area contributed by atoms with Crippen LogP contribution in [0.3, 0.4) is 0 Å². The summed E-state index contributed by atoms with van der Waals surface area (Å²) in [5, 5.41) is 9.69. The number of hydrogen-bond acceptors (Lipinski definition) is 6. The van der Waals surface area contributed by atoms with Crippen molar-refractivity contribution in [1.82, 2.24) is 14.5 Å². The van der Waals surface area contributed by atoms with Crippen LogP contribution in [0.4, 0.5) is 5.69 Å². The minimum atomic E-state index is -0.208. The molecule has 0 aliphatic carbocycles. The first-order valence-electron chi connectivity index (χ1n) is 9.89. The second-order valence-electron chi connectivity index (χ2n) is 7.60. The zero-order valence-electron chi connectivity index (χ0n) is 16.3. The molecule has 0 unspecified atom stereocenters. The summed E-state index contributed by atoms with van der Waals surface area (Å²) in [6.45, 7) is 6.00. The Morgan fingerprint density at radius 2 is 1.79 bits per heavy atom. The zero-order valence-corrected chi connectivity index (χ0v) is 16.3. The molecule has 0 radical (unpaired) electrons. The summed E-state index contributed by atoms with van der Waals surface area (Å²) in [5.41, 5.74) is 3.43. The molecular formula is C22H22N4O3. The number of carbonyl (C=O) groups is 1. The highest BCUT2D eigenvalue weighted by Gasteiger charge is 2.35. The Balaban J connectivity index is 1.65. The van der Waals surface area contributed by atoms with Crippen molar-refractivity contribution >= 4 is 22.4 Å². The van der Waals surface area contributed by atoms with Gasteiger partial charge < -0.3 is 10.0 Å².